The van der Waals surface area contributed by atoms with E-state index in [1.165, 1.54) is 14.0 Å². The van der Waals surface area contributed by atoms with Crippen molar-refractivity contribution in [3.05, 3.63) is 11.6 Å². The Hall–Kier alpha value is -0.290. The van der Waals surface area contributed by atoms with Crippen molar-refractivity contribution in [2.45, 2.75) is 18.6 Å². The highest BCUT2D eigenvalue weighted by molar-refractivity contribution is 9.09. The van der Waals surface area contributed by atoms with Gasteiger partial charge in [0, 0.05) is 18.0 Å². The maximum Gasteiger partial charge on any atom is 0.268 e. The summed E-state index contributed by atoms with van der Waals surface area (Å²) in [6, 6.07) is 0. The third-order valence-corrected chi connectivity index (χ3v) is 2.40. The summed E-state index contributed by atoms with van der Waals surface area (Å²) in [6.07, 6.45) is 1.97. The number of aliphatic imine (C=N–C) groups is 1. The van der Waals surface area contributed by atoms with Gasteiger partial charge in [0.2, 0.25) is 5.79 Å². The molecule has 13 heavy (non-hydrogen) atoms. The summed E-state index contributed by atoms with van der Waals surface area (Å²) in [5.74, 6) is -3.91. The third kappa shape index (κ3) is 2.14. The van der Waals surface area contributed by atoms with Gasteiger partial charge in [0.05, 0.1) is 6.21 Å². The van der Waals surface area contributed by atoms with Gasteiger partial charge < -0.3 is 4.74 Å². The molecule has 0 spiro atoms. The molecule has 0 aromatic carbocycles. The van der Waals surface area contributed by atoms with Crippen LogP contribution in [-0.2, 0) is 4.74 Å². The average Bonchev–Trinajstić information content (AvgIpc) is 2.09. The maximum atomic E-state index is 13.7. The molecule has 2 unspecified atom stereocenters. The molecule has 2 nitrogen and oxygen atoms in total. The van der Waals surface area contributed by atoms with E-state index in [4.69, 9.17) is 0 Å². The summed E-state index contributed by atoms with van der Waals surface area (Å²) < 4.78 is 31.5. The lowest BCUT2D eigenvalue weighted by atomic mass is 10.0. The standard InChI is InChI=1S/C8H10BrF2NO/c1-7(10)3-6(4-9)8(11,13-2)5-12-7/h3,5H,4H2,1-2H3. The van der Waals surface area contributed by atoms with Crippen LogP contribution in [0.5, 0.6) is 0 Å². The molecular weight excluding hydrogens is 244 g/mol. The fourth-order valence-corrected chi connectivity index (χ4v) is 1.60. The quantitative estimate of drug-likeness (QED) is 0.421. The number of halogens is 3. The summed E-state index contributed by atoms with van der Waals surface area (Å²) in [5.41, 5.74) is 0.190. The number of alkyl halides is 3. The van der Waals surface area contributed by atoms with E-state index >= 15 is 0 Å². The van der Waals surface area contributed by atoms with Crippen molar-refractivity contribution in [1.82, 2.24) is 0 Å². The van der Waals surface area contributed by atoms with Crippen LogP contribution in [0.3, 0.4) is 0 Å². The molecule has 5 heteroatoms. The second kappa shape index (κ2) is 3.46. The molecule has 0 amide bonds. The number of methoxy groups -OCH3 is 1. The topological polar surface area (TPSA) is 21.6 Å². The van der Waals surface area contributed by atoms with Crippen LogP contribution in [0.4, 0.5) is 8.78 Å². The second-order valence-electron chi connectivity index (χ2n) is 2.93. The number of hydrogen-bond donors (Lipinski definition) is 0. The molecular formula is C8H10BrF2NO. The molecule has 1 aliphatic rings. The zero-order valence-corrected chi connectivity index (χ0v) is 8.94. The first kappa shape index (κ1) is 10.8. The van der Waals surface area contributed by atoms with Crippen LogP contribution in [0.2, 0.25) is 0 Å². The molecule has 0 aliphatic carbocycles. The zero-order chi connectivity index (χ0) is 10.1. The molecule has 0 radical (unpaired) electrons. The summed E-state index contributed by atoms with van der Waals surface area (Å²) in [5, 5.41) is 0.211. The van der Waals surface area contributed by atoms with Crippen molar-refractivity contribution in [2.75, 3.05) is 12.4 Å². The van der Waals surface area contributed by atoms with Gasteiger partial charge in [-0.2, -0.15) is 0 Å². The van der Waals surface area contributed by atoms with Crippen LogP contribution in [0, 0.1) is 0 Å². The van der Waals surface area contributed by atoms with Gasteiger partial charge in [-0.25, -0.2) is 13.8 Å². The highest BCUT2D eigenvalue weighted by Gasteiger charge is 2.38. The van der Waals surface area contributed by atoms with Gasteiger partial charge in [0.1, 0.15) is 0 Å². The molecule has 1 heterocycles. The largest absolute Gasteiger partial charge is 0.342 e. The normalized spacial score (nSPS) is 39.0. The molecule has 74 valence electrons. The van der Waals surface area contributed by atoms with E-state index in [9.17, 15) is 8.78 Å². The Morgan fingerprint density at radius 1 is 1.62 bits per heavy atom. The van der Waals surface area contributed by atoms with Crippen LogP contribution in [0.1, 0.15) is 6.92 Å². The second-order valence-corrected chi connectivity index (χ2v) is 3.50. The van der Waals surface area contributed by atoms with Crippen LogP contribution in [0.15, 0.2) is 16.6 Å². The minimum Gasteiger partial charge on any atom is -0.342 e. The summed E-state index contributed by atoms with van der Waals surface area (Å²) >= 11 is 3.06. The Morgan fingerprint density at radius 2 is 2.23 bits per heavy atom. The summed E-state index contributed by atoms with van der Waals surface area (Å²) in [6.45, 7) is 1.25. The molecule has 1 rings (SSSR count). The molecule has 0 saturated carbocycles. The highest BCUT2D eigenvalue weighted by atomic mass is 79.9. The van der Waals surface area contributed by atoms with Crippen molar-refractivity contribution >= 4 is 22.1 Å². The predicted molar refractivity (Wildman–Crippen MR) is 50.7 cm³/mol. The van der Waals surface area contributed by atoms with Gasteiger partial charge in [-0.15, -0.1) is 0 Å². The molecule has 0 fully saturated rings. The van der Waals surface area contributed by atoms with Crippen LogP contribution < -0.4 is 0 Å². The van der Waals surface area contributed by atoms with Crippen molar-refractivity contribution < 1.29 is 13.5 Å². The van der Waals surface area contributed by atoms with Crippen molar-refractivity contribution in [3.8, 4) is 0 Å². The number of hydrogen-bond acceptors (Lipinski definition) is 2. The third-order valence-electron chi connectivity index (χ3n) is 1.80. The van der Waals surface area contributed by atoms with Gasteiger partial charge in [0.25, 0.3) is 5.85 Å². The maximum absolute atomic E-state index is 13.7. The smallest absolute Gasteiger partial charge is 0.268 e. The Bertz CT molecular complexity index is 265. The SMILES string of the molecule is COC1(F)C=NC(C)(F)C=C1CBr. The number of ether oxygens (including phenoxy) is 1. The van der Waals surface area contributed by atoms with E-state index in [1.807, 2.05) is 0 Å². The number of dihydropyridines is 1. The van der Waals surface area contributed by atoms with Crippen LogP contribution in [-0.4, -0.2) is 30.3 Å². The fourth-order valence-electron chi connectivity index (χ4n) is 1.06. The summed E-state index contributed by atoms with van der Waals surface area (Å²) in [4.78, 5) is 3.40. The van der Waals surface area contributed by atoms with E-state index in [1.54, 1.807) is 0 Å². The minimum atomic E-state index is -2.07. The first-order valence-electron chi connectivity index (χ1n) is 3.71. The summed E-state index contributed by atoms with van der Waals surface area (Å²) in [7, 11) is 1.21. The average molecular weight is 254 g/mol. The Kier molecular flexibility index (Phi) is 2.87. The highest BCUT2D eigenvalue weighted by Crippen LogP contribution is 2.31. The lowest BCUT2D eigenvalue weighted by Gasteiger charge is -2.28. The predicted octanol–water partition coefficient (Wildman–Crippen LogP) is 2.39. The lowest BCUT2D eigenvalue weighted by Crippen LogP contribution is -2.37. The number of rotatable bonds is 2. The van der Waals surface area contributed by atoms with E-state index in [-0.39, 0.29) is 10.9 Å². The molecule has 0 N–H and O–H groups in total. The zero-order valence-electron chi connectivity index (χ0n) is 7.35. The lowest BCUT2D eigenvalue weighted by molar-refractivity contribution is -0.0287. The van der Waals surface area contributed by atoms with Crippen molar-refractivity contribution in [1.29, 1.82) is 0 Å². The van der Waals surface area contributed by atoms with E-state index in [2.05, 4.69) is 25.7 Å². The first-order chi connectivity index (χ1) is 5.93. The van der Waals surface area contributed by atoms with Gasteiger partial charge in [0.15, 0.2) is 0 Å². The van der Waals surface area contributed by atoms with Gasteiger partial charge >= 0.3 is 0 Å². The van der Waals surface area contributed by atoms with Crippen molar-refractivity contribution in [3.63, 3.8) is 0 Å². The molecule has 0 bridgehead atoms. The van der Waals surface area contributed by atoms with E-state index < -0.39 is 11.6 Å². The van der Waals surface area contributed by atoms with Gasteiger partial charge in [-0.1, -0.05) is 15.9 Å². The molecule has 0 aromatic heterocycles. The Labute approximate surface area is 83.8 Å². The first-order valence-corrected chi connectivity index (χ1v) is 4.83. The Balaban J connectivity index is 3.02. The Morgan fingerprint density at radius 3 is 2.69 bits per heavy atom. The van der Waals surface area contributed by atoms with Crippen LogP contribution >= 0.6 is 15.9 Å². The van der Waals surface area contributed by atoms with Gasteiger partial charge in [-0.05, 0) is 13.0 Å². The number of nitrogens with zero attached hydrogens (tertiary/aromatic N) is 1. The fraction of sp³-hybridized carbons (Fsp3) is 0.625. The minimum absolute atomic E-state index is 0.190. The van der Waals surface area contributed by atoms with E-state index in [0.29, 0.717) is 0 Å². The monoisotopic (exact) mass is 253 g/mol. The van der Waals surface area contributed by atoms with Gasteiger partial charge in [-0.3, -0.25) is 0 Å². The molecule has 1 aliphatic heterocycles. The molecule has 0 saturated heterocycles. The van der Waals surface area contributed by atoms with Crippen molar-refractivity contribution in [2.24, 2.45) is 4.99 Å². The van der Waals surface area contributed by atoms with E-state index in [0.717, 1.165) is 12.3 Å². The molecule has 0 aromatic rings. The molecule has 2 atom stereocenters. The van der Waals surface area contributed by atoms with Crippen LogP contribution in [0.25, 0.3) is 0 Å².